The van der Waals surface area contributed by atoms with E-state index in [0.717, 1.165) is 35.2 Å². The Kier molecular flexibility index (Phi) is 14.6. The van der Waals surface area contributed by atoms with E-state index < -0.39 is 0 Å². The minimum atomic E-state index is -0.229. The highest BCUT2D eigenvalue weighted by Gasteiger charge is 2.36. The van der Waals surface area contributed by atoms with E-state index in [9.17, 15) is 33.6 Å². The van der Waals surface area contributed by atoms with Gasteiger partial charge in [0.15, 0.2) is 23.1 Å². The third-order valence-electron chi connectivity index (χ3n) is 13.1. The molecule has 362 valence electrons. The summed E-state index contributed by atoms with van der Waals surface area (Å²) in [6.07, 6.45) is 13.5. The lowest BCUT2D eigenvalue weighted by atomic mass is 10.0. The largest absolute Gasteiger partial charge is 0.493 e. The fourth-order valence-electron chi connectivity index (χ4n) is 9.56. The third-order valence-corrected chi connectivity index (χ3v) is 13.1. The van der Waals surface area contributed by atoms with Gasteiger partial charge in [-0.3, -0.25) is 38.7 Å². The Balaban J connectivity index is 0.795. The van der Waals surface area contributed by atoms with E-state index in [4.69, 9.17) is 4.74 Å². The molecule has 15 nitrogen and oxygen atoms in total. The highest BCUT2D eigenvalue weighted by atomic mass is 16.5. The number of nitrogens with zero attached hydrogens (tertiary/aromatic N) is 6. The monoisotopic (exact) mass is 945 g/mol. The van der Waals surface area contributed by atoms with E-state index in [-0.39, 0.29) is 79.1 Å². The van der Waals surface area contributed by atoms with Crippen molar-refractivity contribution in [3.63, 3.8) is 0 Å². The summed E-state index contributed by atoms with van der Waals surface area (Å²) < 4.78 is 12.9. The summed E-state index contributed by atoms with van der Waals surface area (Å²) in [5.41, 5.74) is 8.28. The van der Waals surface area contributed by atoms with Gasteiger partial charge in [0.05, 0.1) is 52.4 Å². The van der Waals surface area contributed by atoms with Crippen molar-refractivity contribution in [1.29, 1.82) is 0 Å². The number of aryl methyl sites for hydroxylation is 5. The number of hydrogen-bond acceptors (Lipinski definition) is 9. The van der Waals surface area contributed by atoms with Crippen molar-refractivity contribution in [2.75, 3.05) is 16.8 Å². The second-order valence-corrected chi connectivity index (χ2v) is 18.7. The molecule has 8 rings (SSSR count). The molecule has 0 aliphatic carbocycles. The van der Waals surface area contributed by atoms with E-state index in [1.807, 2.05) is 48.4 Å². The lowest BCUT2D eigenvalue weighted by Crippen LogP contribution is -2.37. The fourth-order valence-corrected chi connectivity index (χ4v) is 9.56. The molecule has 1 N–H and O–H groups in total. The molecule has 0 fully saturated rings. The number of ketones is 5. The van der Waals surface area contributed by atoms with Crippen LogP contribution in [-0.4, -0.2) is 77.9 Å². The minimum absolute atomic E-state index is 0.000898. The summed E-state index contributed by atoms with van der Waals surface area (Å²) in [5.74, 6) is -0.0613. The van der Waals surface area contributed by atoms with Crippen LogP contribution in [-0.2, 0) is 63.5 Å². The van der Waals surface area contributed by atoms with Crippen molar-refractivity contribution in [2.45, 2.75) is 90.5 Å². The lowest BCUT2D eigenvalue weighted by molar-refractivity contribution is -0.117. The molecule has 2 aliphatic heterocycles. The number of amides is 2. The summed E-state index contributed by atoms with van der Waals surface area (Å²) in [7, 11) is 7.04. The van der Waals surface area contributed by atoms with Gasteiger partial charge in [-0.25, -0.2) is 0 Å². The molecule has 4 aromatic heterocycles. The molecule has 0 saturated heterocycles. The van der Waals surface area contributed by atoms with Crippen LogP contribution in [0.5, 0.6) is 5.75 Å². The van der Waals surface area contributed by atoms with Crippen LogP contribution in [0.2, 0.25) is 0 Å². The van der Waals surface area contributed by atoms with Crippen LogP contribution in [0.15, 0.2) is 90.4 Å². The van der Waals surface area contributed by atoms with Crippen molar-refractivity contribution < 1.29 is 38.3 Å². The van der Waals surface area contributed by atoms with E-state index >= 15 is 0 Å². The van der Waals surface area contributed by atoms with Crippen LogP contribution in [0.4, 0.5) is 17.1 Å². The number of para-hydroxylation sites is 1. The first-order valence-corrected chi connectivity index (χ1v) is 23.8. The zero-order chi connectivity index (χ0) is 49.8. The van der Waals surface area contributed by atoms with Crippen LogP contribution in [0.1, 0.15) is 132 Å². The first-order valence-electron chi connectivity index (χ1n) is 23.8. The molecule has 6 aromatic rings. The number of carbonyl (C=O) groups is 7. The van der Waals surface area contributed by atoms with Crippen molar-refractivity contribution >= 4 is 64.0 Å². The van der Waals surface area contributed by atoms with Gasteiger partial charge in [-0.05, 0) is 97.3 Å². The van der Waals surface area contributed by atoms with Crippen LogP contribution in [0, 0.1) is 6.92 Å². The summed E-state index contributed by atoms with van der Waals surface area (Å²) in [5, 5.41) is 2.88. The number of aromatic nitrogens is 4. The number of aliphatic imine (C=N–C) groups is 1. The number of anilines is 2. The molecule has 15 heteroatoms. The molecule has 0 radical (unpaired) electrons. The molecule has 6 heterocycles. The van der Waals surface area contributed by atoms with Crippen LogP contribution in [0.3, 0.4) is 0 Å². The Bertz CT molecular complexity index is 3090. The average Bonchev–Trinajstić information content (AvgIpc) is 4.13. The van der Waals surface area contributed by atoms with Crippen molar-refractivity contribution in [1.82, 2.24) is 18.3 Å². The standard InChI is InChI=1S/C55H59N7O8/c1-34-19-42-43(56-29-41-26-39-14-10-11-15-44(39)62(41)55(42)69)28-53(34)70-18-12-17-54(68)57-40-27-48(61(6)33-40)52(67)25-38-22-47(60(5)32-38)51(66)24-37-21-46(59(4)31-37)50(65)23-36-20-45(58(3)30-36)49(64)16-9-7-8-13-35(2)63/h10-11,14-15,19-22,27-33,41H,7-9,12-13,16-18,23-26H2,1-6H3,(H,57,68)/t41-/m0/s1. The zero-order valence-corrected chi connectivity index (χ0v) is 40.7. The maximum absolute atomic E-state index is 13.7. The van der Waals surface area contributed by atoms with Gasteiger partial charge < -0.3 is 33.1 Å². The highest BCUT2D eigenvalue weighted by Crippen LogP contribution is 2.38. The molecular weight excluding hydrogens is 887 g/mol. The van der Waals surface area contributed by atoms with Crippen LogP contribution in [0.25, 0.3) is 0 Å². The quantitative estimate of drug-likeness (QED) is 0.0521. The number of fused-ring (bicyclic) bond motifs is 4. The number of rotatable bonds is 22. The molecule has 70 heavy (non-hydrogen) atoms. The predicted molar refractivity (Wildman–Crippen MR) is 267 cm³/mol. The topological polar surface area (TPSA) is 176 Å². The summed E-state index contributed by atoms with van der Waals surface area (Å²) in [4.78, 5) is 97.8. The molecule has 0 spiro atoms. The average molecular weight is 946 g/mol. The van der Waals surface area contributed by atoms with Gasteiger partial charge in [0, 0.05) is 116 Å². The van der Waals surface area contributed by atoms with E-state index in [1.54, 1.807) is 109 Å². The Labute approximate surface area is 407 Å². The van der Waals surface area contributed by atoms with Gasteiger partial charge in [-0.2, -0.15) is 0 Å². The van der Waals surface area contributed by atoms with Gasteiger partial charge in [-0.15, -0.1) is 0 Å². The number of unbranched alkanes of at least 4 members (excludes halogenated alkanes) is 2. The van der Waals surface area contributed by atoms with Crippen LogP contribution >= 0.6 is 0 Å². The Morgan fingerprint density at radius 2 is 1.21 bits per heavy atom. The minimum Gasteiger partial charge on any atom is -0.493 e. The normalized spacial score (nSPS) is 13.7. The van der Waals surface area contributed by atoms with E-state index in [0.29, 0.717) is 88.7 Å². The van der Waals surface area contributed by atoms with Gasteiger partial charge in [-0.1, -0.05) is 24.6 Å². The number of benzene rings is 2. The van der Waals surface area contributed by atoms with Gasteiger partial charge >= 0.3 is 0 Å². The van der Waals surface area contributed by atoms with Crippen LogP contribution < -0.4 is 15.0 Å². The SMILES string of the molecule is CC(=O)CCCCCC(=O)c1cc(CC(=O)c2cc(CC(=O)c3cc(CC(=O)c4cc(NC(=O)CCCOc5cc6c(cc5C)C(=O)N5c7ccccc7C[C@H]5C=N6)cn4C)cn3C)cn2C)cn1C. The van der Waals surface area contributed by atoms with Crippen molar-refractivity contribution in [3.05, 3.63) is 142 Å². The third kappa shape index (κ3) is 10.9. The summed E-state index contributed by atoms with van der Waals surface area (Å²) in [6, 6.07) is 18.2. The number of hydrogen-bond donors (Lipinski definition) is 1. The first-order chi connectivity index (χ1) is 33.5. The Morgan fingerprint density at radius 3 is 1.83 bits per heavy atom. The molecule has 0 saturated carbocycles. The van der Waals surface area contributed by atoms with Crippen molar-refractivity contribution in [2.24, 2.45) is 33.2 Å². The summed E-state index contributed by atoms with van der Waals surface area (Å²) >= 11 is 0. The first kappa shape index (κ1) is 48.8. The smallest absolute Gasteiger partial charge is 0.261 e. The number of nitrogens with one attached hydrogen (secondary N) is 1. The molecule has 2 amide bonds. The van der Waals surface area contributed by atoms with Gasteiger partial charge in [0.25, 0.3) is 5.91 Å². The Hall–Kier alpha value is -7.68. The zero-order valence-electron chi connectivity index (χ0n) is 40.7. The molecule has 0 unspecified atom stereocenters. The number of Topliss-reactive ketones (excluding diaryl/α,β-unsaturated/α-hetero) is 5. The maximum atomic E-state index is 13.7. The van der Waals surface area contributed by atoms with E-state index in [2.05, 4.69) is 10.3 Å². The number of ether oxygens (including phenoxy) is 1. The number of carbonyl (C=O) groups excluding carboxylic acids is 7. The highest BCUT2D eigenvalue weighted by molar-refractivity contribution is 6.14. The maximum Gasteiger partial charge on any atom is 0.261 e. The summed E-state index contributed by atoms with van der Waals surface area (Å²) in [6.45, 7) is 3.73. The van der Waals surface area contributed by atoms with Crippen molar-refractivity contribution in [3.8, 4) is 5.75 Å². The molecule has 1 atom stereocenters. The Morgan fingerprint density at radius 1 is 0.657 bits per heavy atom. The van der Waals surface area contributed by atoms with E-state index in [1.165, 1.54) is 0 Å². The molecule has 2 aliphatic rings. The molecular formula is C55H59N7O8. The molecule has 2 aromatic carbocycles. The van der Waals surface area contributed by atoms with Gasteiger partial charge in [0.1, 0.15) is 11.5 Å². The second-order valence-electron chi connectivity index (χ2n) is 18.7. The molecule has 0 bridgehead atoms. The second kappa shape index (κ2) is 20.9. The lowest BCUT2D eigenvalue weighted by Gasteiger charge is -2.21. The van der Waals surface area contributed by atoms with Gasteiger partial charge in [0.2, 0.25) is 5.91 Å². The fraction of sp³-hybridized carbons (Fsp3) is 0.345. The predicted octanol–water partition coefficient (Wildman–Crippen LogP) is 8.43.